The van der Waals surface area contributed by atoms with Gasteiger partial charge >= 0.3 is 0 Å². The molecule has 0 saturated carbocycles. The van der Waals surface area contributed by atoms with Gasteiger partial charge in [-0.3, -0.25) is 9.78 Å². The van der Waals surface area contributed by atoms with E-state index in [4.69, 9.17) is 0 Å². The van der Waals surface area contributed by atoms with Gasteiger partial charge in [-0.05, 0) is 43.7 Å². The molecule has 0 aliphatic carbocycles. The number of rotatable bonds is 6. The lowest BCUT2D eigenvalue weighted by Gasteiger charge is -2.13. The molecule has 2 N–H and O–H groups in total. The lowest BCUT2D eigenvalue weighted by molar-refractivity contribution is 0.102. The van der Waals surface area contributed by atoms with Crippen LogP contribution in [0.2, 0.25) is 0 Å². The van der Waals surface area contributed by atoms with Gasteiger partial charge in [0.2, 0.25) is 10.0 Å². The van der Waals surface area contributed by atoms with Gasteiger partial charge in [-0.1, -0.05) is 31.2 Å². The van der Waals surface area contributed by atoms with Gasteiger partial charge in [0, 0.05) is 23.2 Å². The van der Waals surface area contributed by atoms with E-state index in [2.05, 4.69) is 15.0 Å². The molecule has 1 aromatic heterocycles. The van der Waals surface area contributed by atoms with Crippen LogP contribution < -0.4 is 10.0 Å². The minimum Gasteiger partial charge on any atom is -0.320 e. The summed E-state index contributed by atoms with van der Waals surface area (Å²) >= 11 is 0. The van der Waals surface area contributed by atoms with E-state index in [1.54, 1.807) is 31.3 Å². The van der Waals surface area contributed by atoms with Gasteiger partial charge in [-0.2, -0.15) is 0 Å². The maximum absolute atomic E-state index is 12.7. The van der Waals surface area contributed by atoms with Crippen molar-refractivity contribution in [3.05, 3.63) is 66.4 Å². The zero-order valence-corrected chi connectivity index (χ0v) is 16.0. The Morgan fingerprint density at radius 1 is 1.11 bits per heavy atom. The second-order valence-electron chi connectivity index (χ2n) is 6.29. The summed E-state index contributed by atoms with van der Waals surface area (Å²) in [5.41, 5.74) is 1.51. The number of anilines is 1. The normalized spacial score (nSPS) is 12.7. The Morgan fingerprint density at radius 3 is 2.63 bits per heavy atom. The van der Waals surface area contributed by atoms with Crippen LogP contribution in [-0.2, 0) is 10.0 Å². The maximum atomic E-state index is 12.7. The number of para-hydroxylation sites is 1. The second kappa shape index (κ2) is 7.85. The molecule has 6 nitrogen and oxygen atoms in total. The van der Waals surface area contributed by atoms with Crippen LogP contribution in [-0.4, -0.2) is 25.4 Å². The van der Waals surface area contributed by atoms with E-state index in [1.165, 1.54) is 12.1 Å². The molecule has 0 fully saturated rings. The van der Waals surface area contributed by atoms with Crippen molar-refractivity contribution in [1.82, 2.24) is 9.71 Å². The molecule has 0 saturated heterocycles. The summed E-state index contributed by atoms with van der Waals surface area (Å²) in [6.07, 6.45) is 2.33. The molecule has 140 valence electrons. The number of benzene rings is 2. The van der Waals surface area contributed by atoms with E-state index in [9.17, 15) is 13.2 Å². The number of carbonyl (C=O) groups excluding carboxylic acids is 1. The number of hydrogen-bond acceptors (Lipinski definition) is 4. The van der Waals surface area contributed by atoms with Crippen LogP contribution in [0.4, 0.5) is 5.69 Å². The second-order valence-corrected chi connectivity index (χ2v) is 8.01. The average molecular weight is 383 g/mol. The third kappa shape index (κ3) is 4.32. The molecule has 3 aromatic rings. The SMILES string of the molecule is CCC(C)NS(=O)(=O)c1cccc(C(=O)Nc2cccc3cccnc23)c1. The number of nitrogens with zero attached hydrogens (tertiary/aromatic N) is 1. The van der Waals surface area contributed by atoms with Crippen molar-refractivity contribution in [1.29, 1.82) is 0 Å². The Kier molecular flexibility index (Phi) is 5.53. The molecule has 0 aliphatic rings. The first-order chi connectivity index (χ1) is 12.9. The van der Waals surface area contributed by atoms with Crippen molar-refractivity contribution in [3.63, 3.8) is 0 Å². The van der Waals surface area contributed by atoms with Crippen LogP contribution in [0, 0.1) is 0 Å². The Labute approximate surface area is 158 Å². The maximum Gasteiger partial charge on any atom is 0.255 e. The minimum atomic E-state index is -3.68. The van der Waals surface area contributed by atoms with E-state index < -0.39 is 15.9 Å². The topological polar surface area (TPSA) is 88.2 Å². The van der Waals surface area contributed by atoms with Gasteiger partial charge in [-0.25, -0.2) is 13.1 Å². The Balaban J connectivity index is 1.88. The quantitative estimate of drug-likeness (QED) is 0.681. The van der Waals surface area contributed by atoms with Crippen LogP contribution in [0.3, 0.4) is 0 Å². The molecule has 1 unspecified atom stereocenters. The molecule has 1 atom stereocenters. The molecule has 7 heteroatoms. The largest absolute Gasteiger partial charge is 0.320 e. The number of hydrogen-bond donors (Lipinski definition) is 2. The van der Waals surface area contributed by atoms with Crippen LogP contribution in [0.1, 0.15) is 30.6 Å². The monoisotopic (exact) mass is 383 g/mol. The summed E-state index contributed by atoms with van der Waals surface area (Å²) in [4.78, 5) is 17.0. The summed E-state index contributed by atoms with van der Waals surface area (Å²) in [5, 5.41) is 3.72. The summed E-state index contributed by atoms with van der Waals surface area (Å²) in [5.74, 6) is -0.395. The van der Waals surface area contributed by atoms with Crippen LogP contribution in [0.5, 0.6) is 0 Å². The zero-order chi connectivity index (χ0) is 19.4. The number of fused-ring (bicyclic) bond motifs is 1. The lowest BCUT2D eigenvalue weighted by atomic mass is 10.1. The summed E-state index contributed by atoms with van der Waals surface area (Å²) < 4.78 is 27.5. The summed E-state index contributed by atoms with van der Waals surface area (Å²) in [6, 6.07) is 15.0. The Morgan fingerprint density at radius 2 is 1.85 bits per heavy atom. The number of amides is 1. The molecule has 1 amide bonds. The zero-order valence-electron chi connectivity index (χ0n) is 15.1. The smallest absolute Gasteiger partial charge is 0.255 e. The van der Waals surface area contributed by atoms with Crippen molar-refractivity contribution < 1.29 is 13.2 Å². The summed E-state index contributed by atoms with van der Waals surface area (Å²) in [7, 11) is -3.68. The highest BCUT2D eigenvalue weighted by molar-refractivity contribution is 7.89. The number of aromatic nitrogens is 1. The summed E-state index contributed by atoms with van der Waals surface area (Å²) in [6.45, 7) is 3.69. The molecule has 27 heavy (non-hydrogen) atoms. The Bertz CT molecular complexity index is 1080. The molecule has 0 bridgehead atoms. The average Bonchev–Trinajstić information content (AvgIpc) is 2.68. The molecule has 0 spiro atoms. The number of pyridine rings is 1. The third-order valence-corrected chi connectivity index (χ3v) is 5.84. The van der Waals surface area contributed by atoms with E-state index in [0.29, 0.717) is 17.6 Å². The van der Waals surface area contributed by atoms with Crippen molar-refractivity contribution in [2.75, 3.05) is 5.32 Å². The molecule has 0 aliphatic heterocycles. The van der Waals surface area contributed by atoms with E-state index >= 15 is 0 Å². The number of nitrogens with one attached hydrogen (secondary N) is 2. The third-order valence-electron chi connectivity index (χ3n) is 4.26. The van der Waals surface area contributed by atoms with Crippen LogP contribution >= 0.6 is 0 Å². The lowest BCUT2D eigenvalue weighted by Crippen LogP contribution is -2.32. The molecular formula is C20H21N3O3S. The van der Waals surface area contributed by atoms with Gasteiger partial charge in [0.25, 0.3) is 5.91 Å². The van der Waals surface area contributed by atoms with Gasteiger partial charge in [0.1, 0.15) is 0 Å². The highest BCUT2D eigenvalue weighted by atomic mass is 32.2. The molecule has 3 rings (SSSR count). The Hall–Kier alpha value is -2.77. The predicted octanol–water partition coefficient (Wildman–Crippen LogP) is 3.56. The molecule has 1 heterocycles. The molecule has 2 aromatic carbocycles. The van der Waals surface area contributed by atoms with Crippen molar-refractivity contribution >= 4 is 32.5 Å². The predicted molar refractivity (Wildman–Crippen MR) is 106 cm³/mol. The first-order valence-corrected chi connectivity index (χ1v) is 10.2. The van der Waals surface area contributed by atoms with E-state index in [-0.39, 0.29) is 16.5 Å². The minimum absolute atomic E-state index is 0.0616. The molecular weight excluding hydrogens is 362 g/mol. The van der Waals surface area contributed by atoms with E-state index in [1.807, 2.05) is 31.2 Å². The standard InChI is InChI=1S/C20H21N3O3S/c1-3-14(2)23-27(25,26)17-10-4-8-16(13-17)20(24)22-18-11-5-7-15-9-6-12-21-19(15)18/h4-14,23H,3H2,1-2H3,(H,22,24). The van der Waals surface area contributed by atoms with Gasteiger partial charge in [0.05, 0.1) is 16.1 Å². The van der Waals surface area contributed by atoms with Gasteiger partial charge in [-0.15, -0.1) is 0 Å². The van der Waals surface area contributed by atoms with Crippen molar-refractivity contribution in [3.8, 4) is 0 Å². The highest BCUT2D eigenvalue weighted by Crippen LogP contribution is 2.22. The molecule has 0 radical (unpaired) electrons. The fourth-order valence-corrected chi connectivity index (χ4v) is 3.99. The number of carbonyl (C=O) groups is 1. The first-order valence-electron chi connectivity index (χ1n) is 8.68. The fourth-order valence-electron chi connectivity index (χ4n) is 2.62. The first kappa shape index (κ1) is 19.0. The van der Waals surface area contributed by atoms with Crippen molar-refractivity contribution in [2.45, 2.75) is 31.2 Å². The number of sulfonamides is 1. The van der Waals surface area contributed by atoms with Crippen LogP contribution in [0.15, 0.2) is 65.7 Å². The highest BCUT2D eigenvalue weighted by Gasteiger charge is 2.18. The fraction of sp³-hybridized carbons (Fsp3) is 0.200. The van der Waals surface area contributed by atoms with Crippen molar-refractivity contribution in [2.24, 2.45) is 0 Å². The van der Waals surface area contributed by atoms with Gasteiger partial charge < -0.3 is 5.32 Å². The van der Waals surface area contributed by atoms with E-state index in [0.717, 1.165) is 5.39 Å². The van der Waals surface area contributed by atoms with Crippen LogP contribution in [0.25, 0.3) is 10.9 Å². The van der Waals surface area contributed by atoms with Gasteiger partial charge in [0.15, 0.2) is 0 Å².